The first-order valence-corrected chi connectivity index (χ1v) is 29.9. The summed E-state index contributed by atoms with van der Waals surface area (Å²) < 4.78 is 2.13. The Morgan fingerprint density at radius 3 is 0.988 bits per heavy atom. The van der Waals surface area contributed by atoms with E-state index < -0.39 is 0 Å². The number of aromatic nitrogens is 3. The van der Waals surface area contributed by atoms with Crippen LogP contribution in [0.1, 0.15) is 133 Å². The summed E-state index contributed by atoms with van der Waals surface area (Å²) >= 11 is 8.24. The lowest BCUT2D eigenvalue weighted by molar-refractivity contribution is 0.353. The molecule has 7 aromatic carbocycles. The summed E-state index contributed by atoms with van der Waals surface area (Å²) in [6.45, 7) is 20.3. The second-order valence-corrected chi connectivity index (χ2v) is 26.8. The highest BCUT2D eigenvalue weighted by Crippen LogP contribution is 2.54. The molecular formula is C75H71Br2N3. The second kappa shape index (κ2) is 22.5. The summed E-state index contributed by atoms with van der Waals surface area (Å²) in [7, 11) is 0. The van der Waals surface area contributed by atoms with E-state index in [0.29, 0.717) is 0 Å². The molecule has 3 heterocycles. The van der Waals surface area contributed by atoms with Gasteiger partial charge < -0.3 is 0 Å². The number of halogens is 2. The first kappa shape index (κ1) is 54.9. The molecule has 0 aliphatic heterocycles. The summed E-state index contributed by atoms with van der Waals surface area (Å²) in [4.78, 5) is 14.6. The van der Waals surface area contributed by atoms with Gasteiger partial charge in [-0.3, -0.25) is 15.0 Å². The van der Waals surface area contributed by atoms with Crippen LogP contribution in [-0.4, -0.2) is 15.0 Å². The van der Waals surface area contributed by atoms with Gasteiger partial charge in [-0.05, 0) is 186 Å². The van der Waals surface area contributed by atoms with Crippen molar-refractivity contribution >= 4 is 31.9 Å². The molecule has 1 saturated carbocycles. The van der Waals surface area contributed by atoms with Crippen molar-refractivity contribution in [3.05, 3.63) is 255 Å². The summed E-state index contributed by atoms with van der Waals surface area (Å²) in [5, 5.41) is 0. The van der Waals surface area contributed by atoms with Gasteiger partial charge in [0.25, 0.3) is 0 Å². The lowest BCUT2D eigenvalue weighted by Gasteiger charge is -2.38. The maximum absolute atomic E-state index is 4.94. The lowest BCUT2D eigenvalue weighted by atomic mass is 9.66. The van der Waals surface area contributed by atoms with Gasteiger partial charge in [0.1, 0.15) is 0 Å². The highest BCUT2D eigenvalue weighted by atomic mass is 79.9. The largest absolute Gasteiger partial charge is 0.256 e. The Morgan fingerprint density at radius 2 is 0.625 bits per heavy atom. The van der Waals surface area contributed by atoms with E-state index >= 15 is 0 Å². The molecule has 80 heavy (non-hydrogen) atoms. The second-order valence-electron chi connectivity index (χ2n) is 25.1. The quantitative estimate of drug-likeness (QED) is 0.137. The number of nitrogens with zero attached hydrogens (tertiary/aromatic N) is 3. The van der Waals surface area contributed by atoms with Gasteiger partial charge in [-0.25, -0.2) is 0 Å². The highest BCUT2D eigenvalue weighted by Gasteiger charge is 2.35. The SMILES string of the molecule is CC(C)(C)c1ccnc(-c2ccc(-c3ccccc3C3CC(c4ccccc4-c4ccc(-c5cc(C(C)(C)C)ccn5)cc4Br)CC(c4ccccc4-c4ccc(-c5cc(C(C)(C)C)ccn5)cc4-c4ccccc4)C3)c(Br)c2)c1. The van der Waals surface area contributed by atoms with Gasteiger partial charge in [-0.1, -0.05) is 234 Å². The van der Waals surface area contributed by atoms with E-state index in [1.807, 2.05) is 18.6 Å². The fourth-order valence-corrected chi connectivity index (χ4v) is 13.3. The van der Waals surface area contributed by atoms with Gasteiger partial charge in [0.15, 0.2) is 0 Å². The standard InChI is InChI=1S/C75H71Br2N3/c1-73(2,3)55-33-36-78-70(45-55)49-27-30-64(67(42-49)48-19-11-10-12-20-48)61-24-16-13-21-58(61)52-39-53(59-22-14-17-25-62(59)65-31-28-50(43-68(65)76)71-46-56(34-37-79-71)74(4,5)6)41-54(40-52)60-23-15-18-26-63(60)66-32-29-51(44-69(66)77)72-47-57(35-38-80-72)75(7,8)9/h10-38,42-47,52-54H,39-41H2,1-9H3. The minimum absolute atomic E-state index is 0.00545. The summed E-state index contributed by atoms with van der Waals surface area (Å²) in [5.41, 5.74) is 24.1. The zero-order valence-corrected chi connectivity index (χ0v) is 50.8. The van der Waals surface area contributed by atoms with Crippen molar-refractivity contribution in [2.24, 2.45) is 0 Å². The van der Waals surface area contributed by atoms with Gasteiger partial charge in [-0.15, -0.1) is 0 Å². The van der Waals surface area contributed by atoms with Crippen LogP contribution in [0.3, 0.4) is 0 Å². The molecule has 11 rings (SSSR count). The molecule has 0 spiro atoms. The maximum Gasteiger partial charge on any atom is 0.0705 e. The molecule has 5 heteroatoms. The Labute approximate surface area is 492 Å². The molecule has 2 unspecified atom stereocenters. The molecule has 0 bridgehead atoms. The first-order chi connectivity index (χ1) is 38.4. The first-order valence-electron chi connectivity index (χ1n) is 28.3. The summed E-state index contributed by atoms with van der Waals surface area (Å²) in [6.07, 6.45) is 8.87. The Hall–Kier alpha value is -7.05. The van der Waals surface area contributed by atoms with Gasteiger partial charge >= 0.3 is 0 Å². The average molecular weight is 1170 g/mol. The van der Waals surface area contributed by atoms with Crippen molar-refractivity contribution in [1.82, 2.24) is 15.0 Å². The number of hydrogen-bond donors (Lipinski definition) is 0. The van der Waals surface area contributed by atoms with Gasteiger partial charge in [0.05, 0.1) is 17.1 Å². The van der Waals surface area contributed by atoms with Crippen LogP contribution in [0.2, 0.25) is 0 Å². The third kappa shape index (κ3) is 11.6. The van der Waals surface area contributed by atoms with Gasteiger partial charge in [0, 0.05) is 44.2 Å². The molecule has 1 aliphatic rings. The van der Waals surface area contributed by atoms with E-state index in [2.05, 4.69) is 288 Å². The van der Waals surface area contributed by atoms with Crippen molar-refractivity contribution in [3.63, 3.8) is 0 Å². The van der Waals surface area contributed by atoms with Crippen LogP contribution in [0.4, 0.5) is 0 Å². The lowest BCUT2D eigenvalue weighted by Crippen LogP contribution is -2.21. The van der Waals surface area contributed by atoms with Crippen LogP contribution < -0.4 is 0 Å². The molecule has 400 valence electrons. The van der Waals surface area contributed by atoms with Crippen LogP contribution in [-0.2, 0) is 16.2 Å². The fourth-order valence-electron chi connectivity index (χ4n) is 12.1. The third-order valence-corrected chi connectivity index (χ3v) is 17.9. The zero-order chi connectivity index (χ0) is 55.9. The Balaban J connectivity index is 1.03. The van der Waals surface area contributed by atoms with Gasteiger partial charge in [0.2, 0.25) is 0 Å². The van der Waals surface area contributed by atoms with Crippen molar-refractivity contribution in [3.8, 4) is 78.3 Å². The highest BCUT2D eigenvalue weighted by molar-refractivity contribution is 9.11. The molecule has 0 N–H and O–H groups in total. The molecule has 10 aromatic rings. The van der Waals surface area contributed by atoms with Crippen molar-refractivity contribution in [1.29, 1.82) is 0 Å². The van der Waals surface area contributed by atoms with Gasteiger partial charge in [-0.2, -0.15) is 0 Å². The predicted molar refractivity (Wildman–Crippen MR) is 344 cm³/mol. The molecule has 0 saturated heterocycles. The normalized spacial score (nSPS) is 15.9. The smallest absolute Gasteiger partial charge is 0.0705 e. The van der Waals surface area contributed by atoms with Crippen LogP contribution in [0.5, 0.6) is 0 Å². The van der Waals surface area contributed by atoms with E-state index in [0.717, 1.165) is 62.0 Å². The van der Waals surface area contributed by atoms with Crippen LogP contribution in [0.15, 0.2) is 222 Å². The topological polar surface area (TPSA) is 38.7 Å². The number of pyridine rings is 3. The number of benzene rings is 7. The minimum Gasteiger partial charge on any atom is -0.256 e. The van der Waals surface area contributed by atoms with E-state index in [1.54, 1.807) is 0 Å². The monoisotopic (exact) mass is 1170 g/mol. The molecular weight excluding hydrogens is 1100 g/mol. The average Bonchev–Trinajstić information content (AvgIpc) is 3.46. The molecule has 1 aliphatic carbocycles. The Bertz CT molecular complexity index is 3710. The zero-order valence-electron chi connectivity index (χ0n) is 47.7. The van der Waals surface area contributed by atoms with Crippen LogP contribution in [0, 0.1) is 0 Å². The molecule has 3 nitrogen and oxygen atoms in total. The Morgan fingerprint density at radius 1 is 0.300 bits per heavy atom. The number of hydrogen-bond acceptors (Lipinski definition) is 3. The molecule has 2 atom stereocenters. The Kier molecular flexibility index (Phi) is 15.4. The summed E-state index contributed by atoms with van der Waals surface area (Å²) in [6, 6.07) is 72.3. The van der Waals surface area contributed by atoms with Crippen molar-refractivity contribution in [2.75, 3.05) is 0 Å². The summed E-state index contributed by atoms with van der Waals surface area (Å²) in [5.74, 6) is 0.734. The fraction of sp³-hybridized carbons (Fsp3) is 0.240. The molecule has 0 amide bonds. The van der Waals surface area contributed by atoms with E-state index in [1.165, 1.54) is 77.9 Å². The van der Waals surface area contributed by atoms with Crippen LogP contribution in [0.25, 0.3) is 78.3 Å². The molecule has 3 aromatic heterocycles. The van der Waals surface area contributed by atoms with E-state index in [-0.39, 0.29) is 34.0 Å². The molecule has 0 radical (unpaired) electrons. The minimum atomic E-state index is 0.00545. The van der Waals surface area contributed by atoms with E-state index in [4.69, 9.17) is 15.0 Å². The predicted octanol–water partition coefficient (Wildman–Crippen LogP) is 21.8. The van der Waals surface area contributed by atoms with Crippen molar-refractivity contribution < 1.29 is 0 Å². The number of rotatable bonds is 10. The van der Waals surface area contributed by atoms with Crippen LogP contribution >= 0.6 is 31.9 Å². The van der Waals surface area contributed by atoms with Crippen molar-refractivity contribution in [2.45, 2.75) is 116 Å². The third-order valence-electron chi connectivity index (χ3n) is 16.6. The maximum atomic E-state index is 4.94. The van der Waals surface area contributed by atoms with E-state index in [9.17, 15) is 0 Å². The molecule has 1 fully saturated rings.